The minimum absolute atomic E-state index is 0.0178. The molecule has 4 aromatic rings. The van der Waals surface area contributed by atoms with Crippen molar-refractivity contribution in [1.82, 2.24) is 4.90 Å². The lowest BCUT2D eigenvalue weighted by Gasteiger charge is -2.22. The lowest BCUT2D eigenvalue weighted by atomic mass is 10.1. The highest BCUT2D eigenvalue weighted by Gasteiger charge is 2.27. The molecule has 286 valence electrons. The van der Waals surface area contributed by atoms with E-state index in [0.29, 0.717) is 11.8 Å². The van der Waals surface area contributed by atoms with Gasteiger partial charge in [0.1, 0.15) is 38.8 Å². The van der Waals surface area contributed by atoms with Crippen molar-refractivity contribution in [3.05, 3.63) is 60.7 Å². The van der Waals surface area contributed by atoms with E-state index in [1.807, 2.05) is 0 Å². The van der Waals surface area contributed by atoms with Crippen LogP contribution in [0.25, 0.3) is 10.8 Å². The van der Waals surface area contributed by atoms with Gasteiger partial charge in [-0.3, -0.25) is 9.44 Å². The van der Waals surface area contributed by atoms with E-state index >= 15 is 0 Å². The normalized spacial score (nSPS) is 13.5. The number of hydrogen-bond donors (Lipinski definition) is 9. The Kier molecular flexibility index (Phi) is 13.0. The summed E-state index contributed by atoms with van der Waals surface area (Å²) in [5.41, 5.74) is 4.94. The lowest BCUT2D eigenvalue weighted by molar-refractivity contribution is -0.135. The van der Waals surface area contributed by atoms with Gasteiger partial charge in [-0.05, 0) is 84.8 Å². The van der Waals surface area contributed by atoms with E-state index in [4.69, 9.17) is 10.3 Å². The molecule has 10 N–H and O–H groups in total. The van der Waals surface area contributed by atoms with Crippen LogP contribution in [0.15, 0.2) is 101 Å². The molecule has 0 aliphatic rings. The van der Waals surface area contributed by atoms with E-state index in [1.165, 1.54) is 48.5 Å². The van der Waals surface area contributed by atoms with E-state index in [2.05, 4.69) is 34.9 Å². The predicted molar refractivity (Wildman–Crippen MR) is 197 cm³/mol. The van der Waals surface area contributed by atoms with Gasteiger partial charge in [-0.1, -0.05) is 6.07 Å². The van der Waals surface area contributed by atoms with E-state index in [0.717, 1.165) is 12.1 Å². The first-order chi connectivity index (χ1) is 24.6. The van der Waals surface area contributed by atoms with Gasteiger partial charge in [-0.25, -0.2) is 8.42 Å². The Balaban J connectivity index is 1.75. The first kappa shape index (κ1) is 41.6. The molecule has 0 aromatic heterocycles. The highest BCUT2D eigenvalue weighted by molar-refractivity contribution is 8.19. The molecular weight excluding hydrogens is 805 g/mol. The van der Waals surface area contributed by atoms with Gasteiger partial charge in [0.25, 0.3) is 0 Å². The maximum atomic E-state index is 12.8. The van der Waals surface area contributed by atoms with Gasteiger partial charge in [-0.2, -0.15) is 13.5 Å². The fraction of sp³-hybridized carbons (Fsp3) is 0.143. The topological polar surface area (TPSA) is 327 Å². The first-order valence-corrected chi connectivity index (χ1v) is 20.9. The highest BCUT2D eigenvalue weighted by atomic mass is 32.3. The van der Waals surface area contributed by atoms with Crippen molar-refractivity contribution in [2.45, 2.75) is 19.6 Å². The number of rotatable bonds is 13. The average Bonchev–Trinajstić information content (AvgIpc) is 3.05. The van der Waals surface area contributed by atoms with Crippen LogP contribution in [0.5, 0.6) is 5.75 Å². The number of sulfone groups is 1. The molecule has 0 saturated carbocycles. The molecule has 0 bridgehead atoms. The number of nitrogens with zero attached hydrogens (tertiary/aromatic N) is 5. The Morgan fingerprint density at radius 2 is 1.47 bits per heavy atom. The van der Waals surface area contributed by atoms with Crippen molar-refractivity contribution < 1.29 is 63.0 Å². The van der Waals surface area contributed by atoms with Crippen LogP contribution < -0.4 is 5.73 Å². The summed E-state index contributed by atoms with van der Waals surface area (Å²) in [6, 6.07) is 12.6. The number of azo groups is 2. The summed E-state index contributed by atoms with van der Waals surface area (Å²) in [6.45, 7) is 0.260. The third-order valence-electron chi connectivity index (χ3n) is 6.64. The molecule has 0 unspecified atom stereocenters. The average molecular weight is 835 g/mol. The third-order valence-corrected chi connectivity index (χ3v) is 11.1. The molecule has 0 atom stereocenters. The van der Waals surface area contributed by atoms with E-state index in [9.17, 15) is 49.3 Å². The maximum Gasteiger partial charge on any atom is 0.433 e. The van der Waals surface area contributed by atoms with Crippen LogP contribution >= 0.6 is 33.5 Å². The zero-order chi connectivity index (χ0) is 39.4. The van der Waals surface area contributed by atoms with Gasteiger partial charge in [0.15, 0.2) is 21.7 Å². The minimum Gasteiger partial charge on any atom is -0.505 e. The zero-order valence-corrected chi connectivity index (χ0v) is 31.2. The van der Waals surface area contributed by atoms with Gasteiger partial charge >= 0.3 is 10.4 Å². The molecule has 25 heteroatoms. The van der Waals surface area contributed by atoms with Crippen molar-refractivity contribution in [2.24, 2.45) is 20.5 Å². The summed E-state index contributed by atoms with van der Waals surface area (Å²) >= 11 is 0.646. The molecule has 53 heavy (non-hydrogen) atoms. The number of phenols is 1. The molecule has 20 nitrogen and oxygen atoms in total. The van der Waals surface area contributed by atoms with Gasteiger partial charge in [0.2, 0.25) is 0 Å². The SMILES string of the molecule is CN(C)CCS(=O)(=O)c1cccc(N=Nc2c(S(O)(O)O)cc3c(N=Nc4ccc(SC#COOS(=O)(=O)O)cc4S(O)(O)O)c(N)ccc3c2O)c1. The minimum atomic E-state index is -4.92. The molecule has 0 aliphatic carbocycles. The molecule has 0 aliphatic heterocycles. The summed E-state index contributed by atoms with van der Waals surface area (Å²) < 4.78 is 120. The van der Waals surface area contributed by atoms with Gasteiger partial charge in [0, 0.05) is 27.5 Å². The Labute approximate surface area is 309 Å². The monoisotopic (exact) mass is 834 g/mol. The van der Waals surface area contributed by atoms with Gasteiger partial charge in [-0.15, -0.1) is 15.3 Å². The van der Waals surface area contributed by atoms with Crippen LogP contribution in [0.1, 0.15) is 0 Å². The number of thioether (sulfide) groups is 1. The van der Waals surface area contributed by atoms with Crippen LogP contribution in [0, 0.1) is 11.4 Å². The van der Waals surface area contributed by atoms with E-state index in [1.54, 1.807) is 25.1 Å². The smallest absolute Gasteiger partial charge is 0.433 e. The van der Waals surface area contributed by atoms with Crippen LogP contribution in [0.3, 0.4) is 0 Å². The van der Waals surface area contributed by atoms with Crippen LogP contribution in [0.4, 0.5) is 28.4 Å². The third kappa shape index (κ3) is 11.2. The largest absolute Gasteiger partial charge is 0.505 e. The second-order valence-corrected chi connectivity index (χ2v) is 17.7. The van der Waals surface area contributed by atoms with Crippen molar-refractivity contribution in [1.29, 1.82) is 0 Å². The van der Waals surface area contributed by atoms with Crippen LogP contribution in [-0.2, 0) is 29.5 Å². The number of nitrogens with two attached hydrogens (primary N) is 1. The van der Waals surface area contributed by atoms with Crippen molar-refractivity contribution in [3.8, 4) is 17.1 Å². The summed E-state index contributed by atoms with van der Waals surface area (Å²) in [4.78, 5) is 4.51. The number of nitrogen functional groups attached to an aromatic ring is 1. The lowest BCUT2D eigenvalue weighted by Crippen LogP contribution is -2.21. The molecule has 4 rings (SSSR count). The summed E-state index contributed by atoms with van der Waals surface area (Å²) in [7, 11) is -14.3. The first-order valence-electron chi connectivity index (χ1n) is 14.1. The molecule has 0 saturated heterocycles. The van der Waals surface area contributed by atoms with Gasteiger partial charge in [0.05, 0.1) is 31.8 Å². The number of benzene rings is 4. The second-order valence-electron chi connectivity index (χ2n) is 10.7. The fourth-order valence-corrected chi connectivity index (χ4v) is 7.70. The van der Waals surface area contributed by atoms with Gasteiger partial charge < -0.3 is 43.1 Å². The molecule has 0 fully saturated rings. The number of aromatic hydroxyl groups is 1. The van der Waals surface area contributed by atoms with Crippen LogP contribution in [0.2, 0.25) is 0 Å². The second kappa shape index (κ2) is 16.5. The molecule has 0 spiro atoms. The predicted octanol–water partition coefficient (Wildman–Crippen LogP) is 7.22. The Morgan fingerprint density at radius 3 is 2.11 bits per heavy atom. The van der Waals surface area contributed by atoms with Crippen molar-refractivity contribution >= 4 is 92.9 Å². The Morgan fingerprint density at radius 1 is 0.792 bits per heavy atom. The molecule has 0 radical (unpaired) electrons. The van der Waals surface area contributed by atoms with Crippen LogP contribution in [-0.4, -0.2) is 85.1 Å². The quantitative estimate of drug-likeness (QED) is 0.0122. The maximum absolute atomic E-state index is 12.8. The Bertz CT molecular complexity index is 2370. The van der Waals surface area contributed by atoms with Crippen molar-refractivity contribution in [2.75, 3.05) is 32.1 Å². The molecular formula is C28H30N6O14S5. The standard InChI is InChI=1S/C28H30N6O14S5/c1-34(2)10-13-50(36,37)19-5-3-4-17(14-19)30-33-27-25(52(41,42)43)16-21-20(28(27)35)7-8-22(29)26(21)32-31-23-9-6-18(15-24(23)51(38,39)40)49-12-11-47-48-53(44,45)46/h3-9,14-16,35,38-43H,10,13,29H2,1-2H3,(H,44,45,46). The number of hydrogen-bond acceptors (Lipinski definition) is 20. The van der Waals surface area contributed by atoms with Crippen molar-refractivity contribution in [3.63, 3.8) is 0 Å². The summed E-state index contributed by atoms with van der Waals surface area (Å²) in [5.74, 6) is -0.899. The Hall–Kier alpha value is -4.11. The summed E-state index contributed by atoms with van der Waals surface area (Å²) in [5, 5.41) is 29.2. The number of phenolic OH excluding ortho intramolecular Hbond substituents is 1. The number of anilines is 1. The van der Waals surface area contributed by atoms with E-state index in [-0.39, 0.29) is 55.6 Å². The van der Waals surface area contributed by atoms with E-state index < -0.39 is 63.2 Å². The molecule has 4 aromatic carbocycles. The number of fused-ring (bicyclic) bond motifs is 1. The zero-order valence-electron chi connectivity index (χ0n) is 27.1. The molecule has 0 heterocycles. The summed E-state index contributed by atoms with van der Waals surface area (Å²) in [6.07, 6.45) is 1.79. The molecule has 0 amide bonds. The fourth-order valence-electron chi connectivity index (χ4n) is 4.23. The highest BCUT2D eigenvalue weighted by Crippen LogP contribution is 2.56.